The van der Waals surface area contributed by atoms with Crippen molar-refractivity contribution >= 4 is 11.9 Å². The van der Waals surface area contributed by atoms with Crippen LogP contribution >= 0.6 is 0 Å². The van der Waals surface area contributed by atoms with Gasteiger partial charge in [0, 0.05) is 0 Å². The van der Waals surface area contributed by atoms with E-state index in [0.717, 1.165) is 38.5 Å². The Balaban J connectivity index is 2.98. The lowest BCUT2D eigenvalue weighted by Gasteiger charge is -2.46. The van der Waals surface area contributed by atoms with Gasteiger partial charge in [0.2, 0.25) is 0 Å². The van der Waals surface area contributed by atoms with E-state index in [1.807, 2.05) is 19.1 Å². The van der Waals surface area contributed by atoms with Crippen molar-refractivity contribution in [3.63, 3.8) is 0 Å². The quantitative estimate of drug-likeness (QED) is 0.397. The summed E-state index contributed by atoms with van der Waals surface area (Å²) < 4.78 is 0. The van der Waals surface area contributed by atoms with Gasteiger partial charge in [-0.05, 0) is 31.6 Å². The van der Waals surface area contributed by atoms with Crippen LogP contribution in [0.4, 0.5) is 0 Å². The minimum Gasteiger partial charge on any atom is -0.481 e. The number of hydrogen-bond acceptors (Lipinski definition) is 2. The third-order valence-electron chi connectivity index (χ3n) is 5.68. The molecule has 0 heterocycles. The summed E-state index contributed by atoms with van der Waals surface area (Å²) >= 11 is 0. The molecule has 0 aliphatic heterocycles. The predicted octanol–water partition coefficient (Wildman–Crippen LogP) is 5.28. The van der Waals surface area contributed by atoms with Crippen LogP contribution in [0.5, 0.6) is 0 Å². The standard InChI is InChI=1S/C20H34O4/c1-4-5-12-19(17(21)22)14-9-10-15-20(19,18(23)24)13-8-6-7-11-16(2)3/h9-10,16H,4-8,11-15H2,1-3H3,(H,21,22)(H,23,24). The minimum atomic E-state index is -1.17. The number of carbonyl (C=O) groups is 2. The zero-order valence-electron chi connectivity index (χ0n) is 15.5. The summed E-state index contributed by atoms with van der Waals surface area (Å²) in [6.07, 6.45) is 10.9. The lowest BCUT2D eigenvalue weighted by atomic mass is 9.54. The Morgan fingerprint density at radius 1 is 0.917 bits per heavy atom. The fourth-order valence-corrected chi connectivity index (χ4v) is 4.08. The fraction of sp³-hybridized carbons (Fsp3) is 0.800. The molecule has 0 amide bonds. The Bertz CT molecular complexity index is 455. The highest BCUT2D eigenvalue weighted by Crippen LogP contribution is 2.55. The van der Waals surface area contributed by atoms with Crippen molar-refractivity contribution in [1.29, 1.82) is 0 Å². The lowest BCUT2D eigenvalue weighted by Crippen LogP contribution is -2.53. The van der Waals surface area contributed by atoms with E-state index >= 15 is 0 Å². The molecule has 0 fully saturated rings. The number of rotatable bonds is 11. The first-order chi connectivity index (χ1) is 11.3. The average Bonchev–Trinajstić information content (AvgIpc) is 2.52. The molecule has 0 saturated carbocycles. The van der Waals surface area contributed by atoms with Crippen LogP contribution in [0.15, 0.2) is 12.2 Å². The molecule has 2 N–H and O–H groups in total. The molecule has 138 valence electrons. The normalized spacial score (nSPS) is 26.7. The number of carboxylic acids is 2. The van der Waals surface area contributed by atoms with E-state index in [1.165, 1.54) is 0 Å². The molecule has 0 aromatic carbocycles. The lowest BCUT2D eigenvalue weighted by molar-refractivity contribution is -0.177. The smallest absolute Gasteiger partial charge is 0.311 e. The molecule has 4 nitrogen and oxygen atoms in total. The molecule has 4 heteroatoms. The Morgan fingerprint density at radius 3 is 1.83 bits per heavy atom. The number of carboxylic acid groups (broad SMARTS) is 2. The molecule has 0 spiro atoms. The summed E-state index contributed by atoms with van der Waals surface area (Å²) in [6.45, 7) is 6.39. The molecule has 24 heavy (non-hydrogen) atoms. The van der Waals surface area contributed by atoms with Gasteiger partial charge in [0.05, 0.1) is 10.8 Å². The molecule has 0 bridgehead atoms. The largest absolute Gasteiger partial charge is 0.481 e. The van der Waals surface area contributed by atoms with Gasteiger partial charge in [0.1, 0.15) is 0 Å². The molecule has 0 aromatic heterocycles. The van der Waals surface area contributed by atoms with E-state index in [2.05, 4.69) is 13.8 Å². The summed E-state index contributed by atoms with van der Waals surface area (Å²) in [4.78, 5) is 24.4. The summed E-state index contributed by atoms with van der Waals surface area (Å²) in [5.74, 6) is -1.22. The van der Waals surface area contributed by atoms with E-state index in [9.17, 15) is 19.8 Å². The van der Waals surface area contributed by atoms with Gasteiger partial charge < -0.3 is 10.2 Å². The highest BCUT2D eigenvalue weighted by Gasteiger charge is 2.60. The second-order valence-corrected chi connectivity index (χ2v) is 7.75. The second kappa shape index (κ2) is 9.24. The van der Waals surface area contributed by atoms with Crippen LogP contribution in [-0.2, 0) is 9.59 Å². The monoisotopic (exact) mass is 338 g/mol. The molecular formula is C20H34O4. The summed E-state index contributed by atoms with van der Waals surface area (Å²) in [5.41, 5.74) is -2.33. The Hall–Kier alpha value is -1.32. The van der Waals surface area contributed by atoms with Crippen molar-refractivity contribution in [3.8, 4) is 0 Å². The first-order valence-corrected chi connectivity index (χ1v) is 9.44. The molecule has 1 aliphatic carbocycles. The maximum atomic E-state index is 12.2. The Morgan fingerprint density at radius 2 is 1.42 bits per heavy atom. The van der Waals surface area contributed by atoms with Gasteiger partial charge in [0.15, 0.2) is 0 Å². The zero-order valence-corrected chi connectivity index (χ0v) is 15.5. The minimum absolute atomic E-state index is 0.334. The van der Waals surface area contributed by atoms with Crippen LogP contribution in [0.2, 0.25) is 0 Å². The average molecular weight is 338 g/mol. The maximum Gasteiger partial charge on any atom is 0.311 e. The molecule has 0 radical (unpaired) electrons. The molecule has 1 rings (SSSR count). The summed E-state index contributed by atoms with van der Waals surface area (Å²) in [5, 5.41) is 20.0. The van der Waals surface area contributed by atoms with E-state index in [-0.39, 0.29) is 0 Å². The first kappa shape index (κ1) is 20.7. The second-order valence-electron chi connectivity index (χ2n) is 7.75. The fourth-order valence-electron chi connectivity index (χ4n) is 4.08. The van der Waals surface area contributed by atoms with Gasteiger partial charge in [-0.3, -0.25) is 9.59 Å². The van der Waals surface area contributed by atoms with Crippen LogP contribution in [0, 0.1) is 16.7 Å². The third-order valence-corrected chi connectivity index (χ3v) is 5.68. The topological polar surface area (TPSA) is 74.6 Å². The van der Waals surface area contributed by atoms with Crippen molar-refractivity contribution in [2.75, 3.05) is 0 Å². The number of hydrogen-bond donors (Lipinski definition) is 2. The maximum absolute atomic E-state index is 12.2. The Kier molecular flexibility index (Phi) is 7.98. The molecule has 0 aromatic rings. The van der Waals surface area contributed by atoms with E-state index in [1.54, 1.807) is 0 Å². The van der Waals surface area contributed by atoms with Crippen LogP contribution in [0.3, 0.4) is 0 Å². The summed E-state index contributed by atoms with van der Waals surface area (Å²) in [7, 11) is 0. The predicted molar refractivity (Wildman–Crippen MR) is 96.0 cm³/mol. The van der Waals surface area contributed by atoms with Crippen LogP contribution in [-0.4, -0.2) is 22.2 Å². The van der Waals surface area contributed by atoms with Crippen LogP contribution in [0.25, 0.3) is 0 Å². The number of allylic oxidation sites excluding steroid dienone is 2. The van der Waals surface area contributed by atoms with Gasteiger partial charge in [-0.2, -0.15) is 0 Å². The molecular weight excluding hydrogens is 304 g/mol. The van der Waals surface area contributed by atoms with Gasteiger partial charge in [-0.15, -0.1) is 0 Å². The number of aliphatic carboxylic acids is 2. The Labute approximate surface area is 146 Å². The van der Waals surface area contributed by atoms with Gasteiger partial charge in [0.25, 0.3) is 0 Å². The van der Waals surface area contributed by atoms with Crippen molar-refractivity contribution in [3.05, 3.63) is 12.2 Å². The SMILES string of the molecule is CCCCC1(C(=O)O)CC=CCC1(CCCCCC(C)C)C(=O)O. The van der Waals surface area contributed by atoms with Crippen molar-refractivity contribution in [2.45, 2.75) is 85.0 Å². The van der Waals surface area contributed by atoms with E-state index < -0.39 is 22.8 Å². The first-order valence-electron chi connectivity index (χ1n) is 9.44. The third kappa shape index (κ3) is 4.40. The molecule has 1 aliphatic rings. The molecule has 2 atom stereocenters. The zero-order chi connectivity index (χ0) is 18.2. The van der Waals surface area contributed by atoms with Gasteiger partial charge >= 0.3 is 11.9 Å². The highest BCUT2D eigenvalue weighted by molar-refractivity contribution is 5.87. The molecule has 0 saturated heterocycles. The van der Waals surface area contributed by atoms with E-state index in [4.69, 9.17) is 0 Å². The van der Waals surface area contributed by atoms with Crippen molar-refractivity contribution < 1.29 is 19.8 Å². The highest BCUT2D eigenvalue weighted by atomic mass is 16.4. The van der Waals surface area contributed by atoms with E-state index in [0.29, 0.717) is 31.6 Å². The molecule has 2 unspecified atom stereocenters. The van der Waals surface area contributed by atoms with Crippen molar-refractivity contribution in [2.24, 2.45) is 16.7 Å². The van der Waals surface area contributed by atoms with Gasteiger partial charge in [-0.1, -0.05) is 71.4 Å². The van der Waals surface area contributed by atoms with Gasteiger partial charge in [-0.25, -0.2) is 0 Å². The van der Waals surface area contributed by atoms with Crippen molar-refractivity contribution in [1.82, 2.24) is 0 Å². The number of unbranched alkanes of at least 4 members (excludes halogenated alkanes) is 3. The van der Waals surface area contributed by atoms with Crippen LogP contribution in [0.1, 0.15) is 85.0 Å². The summed E-state index contributed by atoms with van der Waals surface area (Å²) in [6, 6.07) is 0. The van der Waals surface area contributed by atoms with Crippen LogP contribution < -0.4 is 0 Å².